The Bertz CT molecular complexity index is 1320. The van der Waals surface area contributed by atoms with E-state index in [2.05, 4.69) is 24.9 Å². The molecule has 0 aliphatic carbocycles. The zero-order valence-electron chi connectivity index (χ0n) is 19.7. The maximum absolute atomic E-state index is 13.6. The molecule has 3 aromatic heterocycles. The van der Waals surface area contributed by atoms with E-state index >= 15 is 0 Å². The topological polar surface area (TPSA) is 103 Å². The van der Waals surface area contributed by atoms with Gasteiger partial charge in [0.15, 0.2) is 0 Å². The standard InChI is InChI=1S/C25H24F3N7O/c1-3-35(25-30-9-4-10-31-25)11-12-36-23-20(17-13-15(2)32-19(14-17)22(27)28)21(33-24(29)34-23)16-5-7-18(26)8-6-16/h4-10,13-14,22H,3,11-12H2,1-2H3,(H2,29,33,34). The Balaban J connectivity index is 1.76. The molecule has 186 valence electrons. The number of nitrogens with zero attached hydrogens (tertiary/aromatic N) is 6. The molecule has 0 atom stereocenters. The van der Waals surface area contributed by atoms with Crippen molar-refractivity contribution in [3.8, 4) is 28.3 Å². The Morgan fingerprint density at radius 2 is 1.72 bits per heavy atom. The number of nitrogen functional groups attached to an aromatic ring is 1. The van der Waals surface area contributed by atoms with Crippen LogP contribution in [-0.2, 0) is 0 Å². The number of alkyl halides is 2. The number of rotatable bonds is 9. The maximum atomic E-state index is 13.6. The van der Waals surface area contributed by atoms with E-state index < -0.39 is 17.9 Å². The number of nitrogens with two attached hydrogens (primary N) is 1. The zero-order chi connectivity index (χ0) is 25.7. The fourth-order valence-corrected chi connectivity index (χ4v) is 3.69. The minimum absolute atomic E-state index is 0.0772. The number of aryl methyl sites for hydroxylation is 1. The molecule has 1 aromatic carbocycles. The van der Waals surface area contributed by atoms with Crippen LogP contribution in [0.3, 0.4) is 0 Å². The molecule has 2 N–H and O–H groups in total. The van der Waals surface area contributed by atoms with Gasteiger partial charge in [0.2, 0.25) is 17.8 Å². The number of aromatic nitrogens is 5. The molecule has 0 bridgehead atoms. The molecule has 0 aliphatic heterocycles. The van der Waals surface area contributed by atoms with Gasteiger partial charge in [-0.25, -0.2) is 28.1 Å². The third-order valence-corrected chi connectivity index (χ3v) is 5.31. The number of likely N-dealkylation sites (N-methyl/N-ethyl adjacent to an activating group) is 1. The molecule has 4 rings (SSSR count). The van der Waals surface area contributed by atoms with Crippen molar-refractivity contribution >= 4 is 11.9 Å². The van der Waals surface area contributed by atoms with Crippen molar-refractivity contribution in [1.82, 2.24) is 24.9 Å². The van der Waals surface area contributed by atoms with Crippen LogP contribution in [0.4, 0.5) is 25.1 Å². The van der Waals surface area contributed by atoms with Crippen molar-refractivity contribution in [2.24, 2.45) is 0 Å². The summed E-state index contributed by atoms with van der Waals surface area (Å²) >= 11 is 0. The fraction of sp³-hybridized carbons (Fsp3) is 0.240. The van der Waals surface area contributed by atoms with Crippen molar-refractivity contribution < 1.29 is 17.9 Å². The summed E-state index contributed by atoms with van der Waals surface area (Å²) in [5.74, 6) is 0.148. The highest BCUT2D eigenvalue weighted by molar-refractivity contribution is 5.85. The summed E-state index contributed by atoms with van der Waals surface area (Å²) in [6.07, 6.45) is 0.522. The van der Waals surface area contributed by atoms with Gasteiger partial charge >= 0.3 is 0 Å². The lowest BCUT2D eigenvalue weighted by Gasteiger charge is -2.21. The number of halogens is 3. The van der Waals surface area contributed by atoms with Crippen LogP contribution < -0.4 is 15.4 Å². The Labute approximate surface area is 206 Å². The van der Waals surface area contributed by atoms with E-state index in [0.29, 0.717) is 47.1 Å². The van der Waals surface area contributed by atoms with Crippen LogP contribution in [0.15, 0.2) is 54.9 Å². The van der Waals surface area contributed by atoms with Crippen molar-refractivity contribution in [1.29, 1.82) is 0 Å². The molecule has 0 aliphatic rings. The number of benzene rings is 1. The molecule has 11 heteroatoms. The molecule has 0 fully saturated rings. The van der Waals surface area contributed by atoms with Crippen LogP contribution in [0.2, 0.25) is 0 Å². The van der Waals surface area contributed by atoms with Gasteiger partial charge in [0.25, 0.3) is 6.43 Å². The van der Waals surface area contributed by atoms with Gasteiger partial charge in [-0.15, -0.1) is 0 Å². The van der Waals surface area contributed by atoms with E-state index in [0.717, 1.165) is 0 Å². The lowest BCUT2D eigenvalue weighted by molar-refractivity contribution is 0.146. The quantitative estimate of drug-likeness (QED) is 0.351. The van der Waals surface area contributed by atoms with E-state index in [4.69, 9.17) is 10.5 Å². The number of pyridine rings is 1. The average Bonchev–Trinajstić information content (AvgIpc) is 2.87. The number of hydrogen-bond acceptors (Lipinski definition) is 8. The van der Waals surface area contributed by atoms with E-state index in [1.807, 2.05) is 11.8 Å². The van der Waals surface area contributed by atoms with E-state index in [-0.39, 0.29) is 18.4 Å². The number of anilines is 2. The van der Waals surface area contributed by atoms with Crippen LogP contribution in [0.1, 0.15) is 24.7 Å². The van der Waals surface area contributed by atoms with Crippen LogP contribution in [0.25, 0.3) is 22.4 Å². The SMILES string of the molecule is CCN(CCOc1nc(N)nc(-c2ccc(F)cc2)c1-c1cc(C)nc(C(F)F)c1)c1ncccn1. The first kappa shape index (κ1) is 24.8. The second-order valence-corrected chi connectivity index (χ2v) is 7.82. The van der Waals surface area contributed by atoms with Gasteiger partial charge in [-0.05, 0) is 61.9 Å². The minimum atomic E-state index is -2.78. The van der Waals surface area contributed by atoms with E-state index in [1.54, 1.807) is 31.5 Å². The van der Waals surface area contributed by atoms with Gasteiger partial charge in [0.1, 0.15) is 18.1 Å². The van der Waals surface area contributed by atoms with Gasteiger partial charge in [0.05, 0.1) is 17.8 Å². The van der Waals surface area contributed by atoms with Crippen molar-refractivity contribution in [3.05, 3.63) is 72.1 Å². The summed E-state index contributed by atoms with van der Waals surface area (Å²) in [7, 11) is 0. The molecular formula is C25H24F3N7O. The highest BCUT2D eigenvalue weighted by Crippen LogP contribution is 2.39. The monoisotopic (exact) mass is 495 g/mol. The molecule has 36 heavy (non-hydrogen) atoms. The Kier molecular flexibility index (Phi) is 7.57. The summed E-state index contributed by atoms with van der Waals surface area (Å²) in [4.78, 5) is 23.0. The van der Waals surface area contributed by atoms with Crippen molar-refractivity contribution in [2.45, 2.75) is 20.3 Å². The van der Waals surface area contributed by atoms with Crippen LogP contribution in [0, 0.1) is 12.7 Å². The predicted octanol–water partition coefficient (Wildman–Crippen LogP) is 4.87. The second kappa shape index (κ2) is 11.0. The van der Waals surface area contributed by atoms with Gasteiger partial charge in [0, 0.05) is 30.2 Å². The van der Waals surface area contributed by atoms with Gasteiger partial charge < -0.3 is 15.4 Å². The van der Waals surface area contributed by atoms with Crippen LogP contribution >= 0.6 is 0 Å². The molecule has 0 radical (unpaired) electrons. The molecule has 0 saturated carbocycles. The normalized spacial score (nSPS) is 11.1. The molecule has 0 saturated heterocycles. The third-order valence-electron chi connectivity index (χ3n) is 5.31. The molecular weight excluding hydrogens is 471 g/mol. The molecule has 8 nitrogen and oxygen atoms in total. The highest BCUT2D eigenvalue weighted by Gasteiger charge is 2.22. The zero-order valence-corrected chi connectivity index (χ0v) is 19.7. The largest absolute Gasteiger partial charge is 0.475 e. The lowest BCUT2D eigenvalue weighted by atomic mass is 9.99. The van der Waals surface area contributed by atoms with Gasteiger partial charge in [-0.1, -0.05) is 0 Å². The van der Waals surface area contributed by atoms with Gasteiger partial charge in [-0.3, -0.25) is 4.98 Å². The van der Waals surface area contributed by atoms with Gasteiger partial charge in [-0.2, -0.15) is 4.98 Å². The smallest absolute Gasteiger partial charge is 0.280 e. The lowest BCUT2D eigenvalue weighted by Crippen LogP contribution is -2.29. The molecule has 3 heterocycles. The minimum Gasteiger partial charge on any atom is -0.475 e. The molecule has 0 spiro atoms. The van der Waals surface area contributed by atoms with Crippen LogP contribution in [0.5, 0.6) is 5.88 Å². The Morgan fingerprint density at radius 3 is 2.39 bits per heavy atom. The highest BCUT2D eigenvalue weighted by atomic mass is 19.3. The van der Waals surface area contributed by atoms with E-state index in [9.17, 15) is 13.2 Å². The first-order valence-corrected chi connectivity index (χ1v) is 11.2. The molecule has 4 aromatic rings. The summed E-state index contributed by atoms with van der Waals surface area (Å²) in [6.45, 7) is 4.80. The number of ether oxygens (including phenoxy) is 1. The predicted molar refractivity (Wildman–Crippen MR) is 130 cm³/mol. The van der Waals surface area contributed by atoms with Crippen molar-refractivity contribution in [2.75, 3.05) is 30.3 Å². The summed E-state index contributed by atoms with van der Waals surface area (Å²) in [6, 6.07) is 10.2. The maximum Gasteiger partial charge on any atom is 0.280 e. The van der Waals surface area contributed by atoms with Crippen LogP contribution in [-0.4, -0.2) is 44.6 Å². The Morgan fingerprint density at radius 1 is 1.00 bits per heavy atom. The fourth-order valence-electron chi connectivity index (χ4n) is 3.69. The first-order valence-electron chi connectivity index (χ1n) is 11.2. The second-order valence-electron chi connectivity index (χ2n) is 7.82. The number of hydrogen-bond donors (Lipinski definition) is 1. The van der Waals surface area contributed by atoms with E-state index in [1.165, 1.54) is 30.3 Å². The summed E-state index contributed by atoms with van der Waals surface area (Å²) < 4.78 is 46.8. The Hall–Kier alpha value is -4.28. The first-order chi connectivity index (χ1) is 17.4. The molecule has 0 amide bonds. The summed E-state index contributed by atoms with van der Waals surface area (Å²) in [5.41, 5.74) is 7.55. The summed E-state index contributed by atoms with van der Waals surface area (Å²) in [5, 5.41) is 0. The van der Waals surface area contributed by atoms with Crippen molar-refractivity contribution in [3.63, 3.8) is 0 Å². The average molecular weight is 496 g/mol. The molecule has 0 unspecified atom stereocenters. The third kappa shape index (κ3) is 5.68.